The highest BCUT2D eigenvalue weighted by atomic mass is 19.4. The van der Waals surface area contributed by atoms with E-state index in [4.69, 9.17) is 10.3 Å². The third-order valence-corrected chi connectivity index (χ3v) is 7.98. The zero-order chi connectivity index (χ0) is 31.8. The number of imidazole rings is 1. The summed E-state index contributed by atoms with van der Waals surface area (Å²) in [7, 11) is 0. The van der Waals surface area contributed by atoms with Gasteiger partial charge < -0.3 is 20.3 Å². The van der Waals surface area contributed by atoms with E-state index in [9.17, 15) is 40.3 Å². The molecular formula is C27H29F7N6O4. The molecule has 3 aromatic heterocycles. The average molecular weight is 635 g/mol. The molecule has 0 aromatic carbocycles. The molecule has 0 radical (unpaired) electrons. The Morgan fingerprint density at radius 2 is 1.86 bits per heavy atom. The number of carbonyl (C=O) groups excluding carboxylic acids is 2. The Hall–Kier alpha value is -3.76. The zero-order valence-corrected chi connectivity index (χ0v) is 23.1. The Bertz CT molecular complexity index is 1490. The third-order valence-electron chi connectivity index (χ3n) is 7.98. The van der Waals surface area contributed by atoms with Crippen LogP contribution in [-0.4, -0.2) is 50.3 Å². The minimum atomic E-state index is -4.47. The topological polar surface area (TPSA) is 138 Å². The Kier molecular flexibility index (Phi) is 8.87. The summed E-state index contributed by atoms with van der Waals surface area (Å²) < 4.78 is 103. The van der Waals surface area contributed by atoms with Crippen molar-refractivity contribution in [3.8, 4) is 0 Å². The molecule has 10 nitrogen and oxygen atoms in total. The zero-order valence-electron chi connectivity index (χ0n) is 23.1. The lowest BCUT2D eigenvalue weighted by Crippen LogP contribution is -2.30. The molecule has 2 aliphatic carbocycles. The van der Waals surface area contributed by atoms with Crippen molar-refractivity contribution in [1.29, 1.82) is 0 Å². The summed E-state index contributed by atoms with van der Waals surface area (Å²) in [5, 5.41) is 10.7. The molecule has 240 valence electrons. The number of nitrogens with zero attached hydrogens (tertiary/aromatic N) is 4. The smallest absolute Gasteiger partial charge is 0.365 e. The van der Waals surface area contributed by atoms with Crippen LogP contribution in [0.4, 0.5) is 30.7 Å². The maximum Gasteiger partial charge on any atom is 0.389 e. The van der Waals surface area contributed by atoms with Crippen molar-refractivity contribution in [2.75, 3.05) is 0 Å². The summed E-state index contributed by atoms with van der Waals surface area (Å²) >= 11 is 0. The molecule has 44 heavy (non-hydrogen) atoms. The first kappa shape index (κ1) is 31.7. The highest BCUT2D eigenvalue weighted by Crippen LogP contribution is 2.46. The van der Waals surface area contributed by atoms with Crippen molar-refractivity contribution in [1.82, 2.24) is 25.1 Å². The Balaban J connectivity index is 1.48. The van der Waals surface area contributed by atoms with Crippen LogP contribution >= 0.6 is 0 Å². The molecule has 2 atom stereocenters. The van der Waals surface area contributed by atoms with Gasteiger partial charge in [-0.25, -0.2) is 18.3 Å². The second-order valence-corrected chi connectivity index (χ2v) is 11.2. The quantitative estimate of drug-likeness (QED) is 0.254. The number of hydrogen-bond acceptors (Lipinski definition) is 7. The van der Waals surface area contributed by atoms with Crippen molar-refractivity contribution in [3.05, 3.63) is 46.7 Å². The van der Waals surface area contributed by atoms with E-state index in [-0.39, 0.29) is 47.1 Å². The molecule has 3 aromatic rings. The summed E-state index contributed by atoms with van der Waals surface area (Å²) in [6.45, 7) is -3.96. The van der Waals surface area contributed by atoms with Gasteiger partial charge in [-0.1, -0.05) is 5.16 Å². The van der Waals surface area contributed by atoms with Crippen LogP contribution in [0, 0.1) is 11.8 Å². The molecule has 2 fully saturated rings. The maximum absolute atomic E-state index is 14.1. The fourth-order valence-electron chi connectivity index (χ4n) is 5.67. The molecule has 0 bridgehead atoms. The number of amides is 2. The number of carbonyl (C=O) groups is 2. The molecule has 0 spiro atoms. The number of primary amides is 1. The molecule has 3 heterocycles. The monoisotopic (exact) mass is 634 g/mol. The van der Waals surface area contributed by atoms with Crippen molar-refractivity contribution < 1.29 is 49.6 Å². The van der Waals surface area contributed by atoms with Crippen LogP contribution in [0.5, 0.6) is 0 Å². The first-order chi connectivity index (χ1) is 20.7. The van der Waals surface area contributed by atoms with E-state index in [0.29, 0.717) is 5.56 Å². The van der Waals surface area contributed by atoms with Crippen LogP contribution < -0.4 is 11.1 Å². The summed E-state index contributed by atoms with van der Waals surface area (Å²) in [6.07, 6.45) is -2.86. The predicted molar refractivity (Wildman–Crippen MR) is 136 cm³/mol. The fourth-order valence-corrected chi connectivity index (χ4v) is 5.67. The second kappa shape index (κ2) is 12.3. The van der Waals surface area contributed by atoms with Gasteiger partial charge in [0.15, 0.2) is 11.4 Å². The van der Waals surface area contributed by atoms with Crippen LogP contribution in [0.15, 0.2) is 23.0 Å². The van der Waals surface area contributed by atoms with E-state index in [0.717, 1.165) is 12.8 Å². The summed E-state index contributed by atoms with van der Waals surface area (Å²) in [6, 6.07) is 1.00. The first-order valence-corrected chi connectivity index (χ1v) is 14.0. The van der Waals surface area contributed by atoms with Gasteiger partial charge >= 0.3 is 12.8 Å². The molecule has 2 amide bonds. The Morgan fingerprint density at radius 3 is 2.48 bits per heavy atom. The fraction of sp³-hybridized carbons (Fsp3) is 0.593. The van der Waals surface area contributed by atoms with Crippen molar-refractivity contribution >= 4 is 17.5 Å². The van der Waals surface area contributed by atoms with Crippen molar-refractivity contribution in [2.24, 2.45) is 17.6 Å². The molecule has 2 saturated carbocycles. The van der Waals surface area contributed by atoms with E-state index in [1.807, 2.05) is 0 Å². The number of nitrogens with one attached hydrogen (secondary N) is 1. The van der Waals surface area contributed by atoms with E-state index < -0.39 is 80.7 Å². The van der Waals surface area contributed by atoms with Crippen molar-refractivity contribution in [3.63, 3.8) is 0 Å². The Labute approximate surface area is 245 Å². The van der Waals surface area contributed by atoms with Gasteiger partial charge in [-0.3, -0.25) is 9.59 Å². The number of fused-ring (bicyclic) bond motifs is 1. The van der Waals surface area contributed by atoms with Gasteiger partial charge in [0, 0.05) is 19.3 Å². The average Bonchev–Trinajstić information content (AvgIpc) is 3.55. The lowest BCUT2D eigenvalue weighted by molar-refractivity contribution is -0.144. The molecule has 0 unspecified atom stereocenters. The third kappa shape index (κ3) is 7.47. The van der Waals surface area contributed by atoms with Crippen LogP contribution in [0.25, 0.3) is 5.65 Å². The van der Waals surface area contributed by atoms with Crippen LogP contribution in [-0.2, 0) is 16.1 Å². The Morgan fingerprint density at radius 1 is 1.16 bits per heavy atom. The first-order valence-electron chi connectivity index (χ1n) is 14.0. The molecule has 17 heteroatoms. The molecule has 0 saturated heterocycles. The standard InChI is InChI=1S/C27H29F7N6O4/c28-25(29)43-12-17-21(24(35)42)23(44-39-17)20(13-3-6-26(30,31)7-4-13)16-11-40-18(37-16)9-15(10-36-40)22(14-1-2-14)38-19(41)5-8-27(32,33)34/h9-11,13-14,20,22,25H,1-8,12H2,(H2,35,42)(H,38,41)/t20-,22+/m0/s1. The SMILES string of the molecule is NC(=O)c1c(COC(F)F)noc1[C@H](c1cn2ncc([C@H](NC(=O)CCC(F)(F)F)C3CC3)cc2n1)C1CCC(F)(F)CC1. The van der Waals surface area contributed by atoms with Crippen LogP contribution in [0.2, 0.25) is 0 Å². The summed E-state index contributed by atoms with van der Waals surface area (Å²) in [5.41, 5.74) is 6.00. The number of rotatable bonds is 12. The molecule has 2 aliphatic rings. The number of aromatic nitrogens is 4. The summed E-state index contributed by atoms with van der Waals surface area (Å²) in [5.74, 6) is -6.28. The normalized spacial score (nSPS) is 18.9. The van der Waals surface area contributed by atoms with Gasteiger partial charge in [0.25, 0.3) is 5.91 Å². The highest BCUT2D eigenvalue weighted by Gasteiger charge is 2.43. The number of alkyl halides is 7. The van der Waals surface area contributed by atoms with Crippen LogP contribution in [0.3, 0.4) is 0 Å². The van der Waals surface area contributed by atoms with Gasteiger partial charge in [-0.15, -0.1) is 0 Å². The van der Waals surface area contributed by atoms with Crippen LogP contribution in [0.1, 0.15) is 96.4 Å². The highest BCUT2D eigenvalue weighted by molar-refractivity contribution is 5.95. The summed E-state index contributed by atoms with van der Waals surface area (Å²) in [4.78, 5) is 29.4. The number of halogens is 7. The second-order valence-electron chi connectivity index (χ2n) is 11.2. The number of ether oxygens (including phenoxy) is 1. The largest absolute Gasteiger partial charge is 0.389 e. The number of nitrogens with two attached hydrogens (primary N) is 1. The maximum atomic E-state index is 14.1. The van der Waals surface area contributed by atoms with E-state index in [2.05, 4.69) is 25.3 Å². The lowest BCUT2D eigenvalue weighted by Gasteiger charge is -2.32. The minimum Gasteiger partial charge on any atom is -0.365 e. The van der Waals surface area contributed by atoms with E-state index in [1.54, 1.807) is 6.07 Å². The molecule has 3 N–H and O–H groups in total. The van der Waals surface area contributed by atoms with Gasteiger partial charge in [0.2, 0.25) is 11.8 Å². The minimum absolute atomic E-state index is 0.00127. The molecular weight excluding hydrogens is 605 g/mol. The molecule has 5 rings (SSSR count). The lowest BCUT2D eigenvalue weighted by atomic mass is 9.75. The van der Waals surface area contributed by atoms with E-state index in [1.165, 1.54) is 16.9 Å². The van der Waals surface area contributed by atoms with E-state index >= 15 is 0 Å². The number of hydrogen-bond donors (Lipinski definition) is 2. The predicted octanol–water partition coefficient (Wildman–Crippen LogP) is 5.42. The van der Waals surface area contributed by atoms with Gasteiger partial charge in [0.1, 0.15) is 11.3 Å². The van der Waals surface area contributed by atoms with Gasteiger partial charge in [-0.2, -0.15) is 27.1 Å². The van der Waals surface area contributed by atoms with Gasteiger partial charge in [-0.05, 0) is 49.1 Å². The van der Waals surface area contributed by atoms with Crippen molar-refractivity contribution in [2.45, 2.75) is 88.6 Å². The molecule has 0 aliphatic heterocycles. The van der Waals surface area contributed by atoms with Gasteiger partial charge in [0.05, 0.1) is 43.1 Å².